The van der Waals surface area contributed by atoms with Crippen LogP contribution in [0.1, 0.15) is 20.3 Å². The van der Waals surface area contributed by atoms with E-state index in [1.54, 1.807) is 12.1 Å². The molecule has 23 heavy (non-hydrogen) atoms. The van der Waals surface area contributed by atoms with Gasteiger partial charge in [-0.2, -0.15) is 4.31 Å². The van der Waals surface area contributed by atoms with Crippen molar-refractivity contribution in [2.75, 3.05) is 51.3 Å². The smallest absolute Gasteiger partial charge is 0.245 e. The normalized spacial score (nSPS) is 11.6. The maximum Gasteiger partial charge on any atom is 0.245 e. The third-order valence-corrected chi connectivity index (χ3v) is 5.52. The summed E-state index contributed by atoms with van der Waals surface area (Å²) in [5, 5.41) is 3.22. The zero-order valence-corrected chi connectivity index (χ0v) is 16.0. The van der Waals surface area contributed by atoms with Crippen molar-refractivity contribution in [3.8, 4) is 0 Å². The Balaban J connectivity index is 0.00000484. The molecule has 134 valence electrons. The Hall–Kier alpha value is -1.02. The average Bonchev–Trinajstić information content (AvgIpc) is 2.45. The SMILES string of the molecule is CCN(CC)S(=O)(=O)c1cc(N)ccc1NCCCN(C)C.Cl. The molecular weight excluding hydrogens is 336 g/mol. The number of nitrogens with one attached hydrogen (secondary N) is 1. The van der Waals surface area contributed by atoms with E-state index in [1.807, 2.05) is 27.9 Å². The Morgan fingerprint density at radius 3 is 2.30 bits per heavy atom. The van der Waals surface area contributed by atoms with Gasteiger partial charge in [0.1, 0.15) is 4.90 Å². The molecule has 0 aromatic heterocycles. The molecule has 0 saturated heterocycles. The van der Waals surface area contributed by atoms with Crippen molar-refractivity contribution in [3.63, 3.8) is 0 Å². The molecule has 0 atom stereocenters. The Labute approximate surface area is 146 Å². The highest BCUT2D eigenvalue weighted by Gasteiger charge is 2.24. The summed E-state index contributed by atoms with van der Waals surface area (Å²) in [5.41, 5.74) is 6.84. The molecule has 0 unspecified atom stereocenters. The van der Waals surface area contributed by atoms with Crippen LogP contribution in [0.4, 0.5) is 11.4 Å². The topological polar surface area (TPSA) is 78.7 Å². The second-order valence-electron chi connectivity index (χ2n) is 5.43. The summed E-state index contributed by atoms with van der Waals surface area (Å²) in [7, 11) is 0.499. The summed E-state index contributed by atoms with van der Waals surface area (Å²) >= 11 is 0. The fourth-order valence-electron chi connectivity index (χ4n) is 2.22. The summed E-state index contributed by atoms with van der Waals surface area (Å²) < 4.78 is 26.9. The lowest BCUT2D eigenvalue weighted by molar-refractivity contribution is 0.405. The third-order valence-electron chi connectivity index (χ3n) is 3.43. The molecule has 0 bridgehead atoms. The molecule has 6 nitrogen and oxygen atoms in total. The lowest BCUT2D eigenvalue weighted by atomic mass is 10.2. The second-order valence-corrected chi connectivity index (χ2v) is 7.33. The van der Waals surface area contributed by atoms with Crippen molar-refractivity contribution in [2.24, 2.45) is 0 Å². The third kappa shape index (κ3) is 6.18. The number of halogens is 1. The van der Waals surface area contributed by atoms with E-state index in [2.05, 4.69) is 10.2 Å². The molecule has 1 aromatic rings. The Bertz CT molecular complexity index is 575. The number of rotatable bonds is 9. The average molecular weight is 365 g/mol. The first kappa shape index (κ1) is 22.0. The van der Waals surface area contributed by atoms with Crippen LogP contribution in [-0.4, -0.2) is 57.9 Å². The van der Waals surface area contributed by atoms with E-state index >= 15 is 0 Å². The van der Waals surface area contributed by atoms with Gasteiger partial charge in [0.15, 0.2) is 0 Å². The van der Waals surface area contributed by atoms with E-state index in [0.717, 1.165) is 13.0 Å². The van der Waals surface area contributed by atoms with Gasteiger partial charge in [0.2, 0.25) is 10.0 Å². The second kappa shape index (κ2) is 9.97. The number of nitrogens with two attached hydrogens (primary N) is 1. The Kier molecular flexibility index (Phi) is 9.53. The first-order valence-corrected chi connectivity index (χ1v) is 9.05. The molecule has 1 rings (SSSR count). The van der Waals surface area contributed by atoms with Gasteiger partial charge in [0.25, 0.3) is 0 Å². The molecule has 0 saturated carbocycles. The minimum atomic E-state index is -3.53. The van der Waals surface area contributed by atoms with Crippen LogP contribution >= 0.6 is 12.4 Å². The zero-order chi connectivity index (χ0) is 16.8. The van der Waals surface area contributed by atoms with Crippen LogP contribution in [-0.2, 0) is 10.0 Å². The number of anilines is 2. The molecule has 3 N–H and O–H groups in total. The number of hydrogen-bond acceptors (Lipinski definition) is 5. The predicted molar refractivity (Wildman–Crippen MR) is 99.9 cm³/mol. The number of hydrogen-bond donors (Lipinski definition) is 2. The summed E-state index contributed by atoms with van der Waals surface area (Å²) in [4.78, 5) is 2.35. The van der Waals surface area contributed by atoms with Gasteiger partial charge in [-0.15, -0.1) is 12.4 Å². The monoisotopic (exact) mass is 364 g/mol. The lowest BCUT2D eigenvalue weighted by Gasteiger charge is -2.21. The molecule has 8 heteroatoms. The summed E-state index contributed by atoms with van der Waals surface area (Å²) in [6, 6.07) is 4.98. The molecule has 0 aliphatic rings. The highest BCUT2D eigenvalue weighted by atomic mass is 35.5. The van der Waals surface area contributed by atoms with Crippen LogP contribution in [0.15, 0.2) is 23.1 Å². The van der Waals surface area contributed by atoms with Crippen LogP contribution in [0.2, 0.25) is 0 Å². The van der Waals surface area contributed by atoms with Crippen LogP contribution in [0.5, 0.6) is 0 Å². The number of benzene rings is 1. The molecule has 0 heterocycles. The lowest BCUT2D eigenvalue weighted by Crippen LogP contribution is -2.31. The maximum absolute atomic E-state index is 12.7. The quantitative estimate of drug-likeness (QED) is 0.518. The zero-order valence-electron chi connectivity index (χ0n) is 14.4. The van der Waals surface area contributed by atoms with Gasteiger partial charge in [-0.3, -0.25) is 0 Å². The van der Waals surface area contributed by atoms with Gasteiger partial charge in [-0.05, 0) is 45.3 Å². The van der Waals surface area contributed by atoms with Gasteiger partial charge < -0.3 is 16.0 Å². The molecular formula is C15H29ClN4O2S. The minimum absolute atomic E-state index is 0. The highest BCUT2D eigenvalue weighted by molar-refractivity contribution is 7.89. The number of sulfonamides is 1. The first-order chi connectivity index (χ1) is 10.3. The van der Waals surface area contributed by atoms with Crippen molar-refractivity contribution in [1.82, 2.24) is 9.21 Å². The van der Waals surface area contributed by atoms with E-state index in [4.69, 9.17) is 5.73 Å². The molecule has 0 amide bonds. The summed E-state index contributed by atoms with van der Waals surface area (Å²) in [6.07, 6.45) is 0.933. The van der Waals surface area contributed by atoms with Crippen LogP contribution in [0.3, 0.4) is 0 Å². The number of nitrogens with zero attached hydrogens (tertiary/aromatic N) is 2. The van der Waals surface area contributed by atoms with Crippen molar-refractivity contribution in [2.45, 2.75) is 25.2 Å². The highest BCUT2D eigenvalue weighted by Crippen LogP contribution is 2.27. The maximum atomic E-state index is 12.7. The van der Waals surface area contributed by atoms with E-state index in [1.165, 1.54) is 10.4 Å². The predicted octanol–water partition coefficient (Wildman–Crippen LogP) is 2.08. The molecule has 0 fully saturated rings. The Morgan fingerprint density at radius 1 is 1.17 bits per heavy atom. The van der Waals surface area contributed by atoms with Crippen LogP contribution < -0.4 is 11.1 Å². The van der Waals surface area contributed by atoms with Crippen molar-refractivity contribution in [1.29, 1.82) is 0 Å². The van der Waals surface area contributed by atoms with Gasteiger partial charge in [-0.1, -0.05) is 13.8 Å². The van der Waals surface area contributed by atoms with Crippen LogP contribution in [0.25, 0.3) is 0 Å². The number of nitrogen functional groups attached to an aromatic ring is 1. The van der Waals surface area contributed by atoms with Gasteiger partial charge in [0.05, 0.1) is 5.69 Å². The fourth-order valence-corrected chi connectivity index (χ4v) is 3.88. The largest absolute Gasteiger partial charge is 0.399 e. The van der Waals surface area contributed by atoms with E-state index < -0.39 is 10.0 Å². The summed E-state index contributed by atoms with van der Waals surface area (Å²) in [6.45, 7) is 6.19. The molecule has 0 aliphatic carbocycles. The minimum Gasteiger partial charge on any atom is -0.399 e. The van der Waals surface area contributed by atoms with Gasteiger partial charge in [-0.25, -0.2) is 8.42 Å². The van der Waals surface area contributed by atoms with Gasteiger partial charge in [0, 0.05) is 25.3 Å². The van der Waals surface area contributed by atoms with E-state index in [-0.39, 0.29) is 17.3 Å². The van der Waals surface area contributed by atoms with E-state index in [0.29, 0.717) is 31.0 Å². The molecule has 0 spiro atoms. The first-order valence-electron chi connectivity index (χ1n) is 7.61. The van der Waals surface area contributed by atoms with Crippen molar-refractivity contribution in [3.05, 3.63) is 18.2 Å². The van der Waals surface area contributed by atoms with Crippen molar-refractivity contribution >= 4 is 33.8 Å². The van der Waals surface area contributed by atoms with E-state index in [9.17, 15) is 8.42 Å². The Morgan fingerprint density at radius 2 is 1.78 bits per heavy atom. The van der Waals surface area contributed by atoms with Crippen LogP contribution in [0, 0.1) is 0 Å². The summed E-state index contributed by atoms with van der Waals surface area (Å²) in [5.74, 6) is 0. The van der Waals surface area contributed by atoms with Gasteiger partial charge >= 0.3 is 0 Å². The molecule has 1 aromatic carbocycles. The van der Waals surface area contributed by atoms with Crippen molar-refractivity contribution < 1.29 is 8.42 Å². The fraction of sp³-hybridized carbons (Fsp3) is 0.600. The standard InChI is InChI=1S/C15H28N4O2S.ClH/c1-5-19(6-2)22(20,21)15-12-13(16)8-9-14(15)17-10-7-11-18(3)4;/h8-9,12,17H,5-7,10-11,16H2,1-4H3;1H. The molecule has 0 aliphatic heterocycles. The molecule has 0 radical (unpaired) electrons.